The Bertz CT molecular complexity index is 491. The van der Waals surface area contributed by atoms with Gasteiger partial charge < -0.3 is 14.4 Å². The first kappa shape index (κ1) is 14.7. The van der Waals surface area contributed by atoms with Crippen molar-refractivity contribution in [2.24, 2.45) is 0 Å². The third-order valence-electron chi connectivity index (χ3n) is 3.31. The number of hydrogen-bond acceptors (Lipinski definition) is 6. The SMILES string of the molecule is COC(=O)C1COCCN1c1nc(C)cc(C(C)C)n1. The number of ether oxygens (including phenoxy) is 2. The molecule has 1 aliphatic heterocycles. The number of esters is 1. The van der Waals surface area contributed by atoms with Gasteiger partial charge >= 0.3 is 5.97 Å². The zero-order valence-corrected chi connectivity index (χ0v) is 12.4. The van der Waals surface area contributed by atoms with Gasteiger partial charge in [0, 0.05) is 17.9 Å². The number of hydrogen-bond donors (Lipinski definition) is 0. The molecular formula is C14H21N3O3. The molecule has 2 heterocycles. The lowest BCUT2D eigenvalue weighted by molar-refractivity contribution is -0.144. The van der Waals surface area contributed by atoms with E-state index in [0.29, 0.717) is 31.6 Å². The van der Waals surface area contributed by atoms with Gasteiger partial charge in [-0.1, -0.05) is 13.8 Å². The molecule has 2 rings (SSSR count). The van der Waals surface area contributed by atoms with Crippen LogP contribution in [0.25, 0.3) is 0 Å². The van der Waals surface area contributed by atoms with Gasteiger partial charge in [0.25, 0.3) is 0 Å². The van der Waals surface area contributed by atoms with Crippen LogP contribution in [-0.4, -0.2) is 48.8 Å². The molecule has 1 fully saturated rings. The standard InChI is InChI=1S/C14H21N3O3/c1-9(2)11-7-10(3)15-14(16-11)17-5-6-20-8-12(17)13(18)19-4/h7,9,12H,5-6,8H2,1-4H3. The van der Waals surface area contributed by atoms with Crippen molar-refractivity contribution in [3.05, 3.63) is 17.5 Å². The van der Waals surface area contributed by atoms with Crippen LogP contribution in [0.5, 0.6) is 0 Å². The monoisotopic (exact) mass is 279 g/mol. The summed E-state index contributed by atoms with van der Waals surface area (Å²) < 4.78 is 10.2. The Labute approximate surface area is 119 Å². The third-order valence-corrected chi connectivity index (χ3v) is 3.31. The lowest BCUT2D eigenvalue weighted by atomic mass is 10.1. The number of anilines is 1. The van der Waals surface area contributed by atoms with Crippen LogP contribution in [0, 0.1) is 6.92 Å². The highest BCUT2D eigenvalue weighted by molar-refractivity contribution is 5.79. The first-order valence-electron chi connectivity index (χ1n) is 6.80. The maximum atomic E-state index is 11.9. The van der Waals surface area contributed by atoms with Crippen molar-refractivity contribution in [3.8, 4) is 0 Å². The van der Waals surface area contributed by atoms with Crippen molar-refractivity contribution in [3.63, 3.8) is 0 Å². The Balaban J connectivity index is 2.34. The zero-order chi connectivity index (χ0) is 14.7. The van der Waals surface area contributed by atoms with Crippen LogP contribution in [0.1, 0.15) is 31.2 Å². The Morgan fingerprint density at radius 2 is 2.25 bits per heavy atom. The lowest BCUT2D eigenvalue weighted by Crippen LogP contribution is -2.51. The van der Waals surface area contributed by atoms with Crippen molar-refractivity contribution >= 4 is 11.9 Å². The maximum absolute atomic E-state index is 11.9. The van der Waals surface area contributed by atoms with E-state index in [9.17, 15) is 4.79 Å². The summed E-state index contributed by atoms with van der Waals surface area (Å²) in [6, 6.07) is 1.50. The summed E-state index contributed by atoms with van der Waals surface area (Å²) in [5.74, 6) is 0.571. The smallest absolute Gasteiger partial charge is 0.331 e. The van der Waals surface area contributed by atoms with Gasteiger partial charge in [0.15, 0.2) is 6.04 Å². The molecule has 6 heteroatoms. The molecule has 1 aliphatic rings. The van der Waals surface area contributed by atoms with E-state index in [4.69, 9.17) is 9.47 Å². The molecule has 1 saturated heterocycles. The molecule has 6 nitrogen and oxygen atoms in total. The van der Waals surface area contributed by atoms with Crippen LogP contribution < -0.4 is 4.90 Å². The van der Waals surface area contributed by atoms with Crippen molar-refractivity contribution < 1.29 is 14.3 Å². The van der Waals surface area contributed by atoms with E-state index in [-0.39, 0.29) is 5.97 Å². The average Bonchev–Trinajstić information content (AvgIpc) is 2.45. The Kier molecular flexibility index (Phi) is 4.54. The summed E-state index contributed by atoms with van der Waals surface area (Å²) in [5.41, 5.74) is 1.87. The molecule has 1 atom stereocenters. The number of rotatable bonds is 3. The topological polar surface area (TPSA) is 64.6 Å². The average molecular weight is 279 g/mol. The lowest BCUT2D eigenvalue weighted by Gasteiger charge is -2.34. The van der Waals surface area contributed by atoms with E-state index >= 15 is 0 Å². The van der Waals surface area contributed by atoms with Crippen molar-refractivity contribution in [1.29, 1.82) is 0 Å². The summed E-state index contributed by atoms with van der Waals surface area (Å²) in [6.45, 7) is 7.56. The van der Waals surface area contributed by atoms with Crippen molar-refractivity contribution in [2.45, 2.75) is 32.7 Å². The molecule has 0 amide bonds. The number of carbonyl (C=O) groups is 1. The molecule has 0 radical (unpaired) electrons. The Hall–Kier alpha value is -1.69. The summed E-state index contributed by atoms with van der Waals surface area (Å²) in [6.07, 6.45) is 0. The maximum Gasteiger partial charge on any atom is 0.331 e. The van der Waals surface area contributed by atoms with Crippen LogP contribution in [0.2, 0.25) is 0 Å². The van der Waals surface area contributed by atoms with Gasteiger partial charge in [-0.25, -0.2) is 14.8 Å². The molecule has 0 aliphatic carbocycles. The highest BCUT2D eigenvalue weighted by Crippen LogP contribution is 2.20. The number of carbonyl (C=O) groups excluding carboxylic acids is 1. The molecular weight excluding hydrogens is 258 g/mol. The fraction of sp³-hybridized carbons (Fsp3) is 0.643. The first-order valence-corrected chi connectivity index (χ1v) is 6.80. The fourth-order valence-corrected chi connectivity index (χ4v) is 2.18. The predicted octanol–water partition coefficient (Wildman–Crippen LogP) is 1.29. The van der Waals surface area contributed by atoms with Crippen molar-refractivity contribution in [2.75, 3.05) is 31.8 Å². The van der Waals surface area contributed by atoms with Crippen LogP contribution in [-0.2, 0) is 14.3 Å². The minimum Gasteiger partial charge on any atom is -0.467 e. The van der Waals surface area contributed by atoms with E-state index in [2.05, 4.69) is 23.8 Å². The molecule has 20 heavy (non-hydrogen) atoms. The zero-order valence-electron chi connectivity index (χ0n) is 12.4. The summed E-state index contributed by atoms with van der Waals surface area (Å²) in [7, 11) is 1.38. The summed E-state index contributed by atoms with van der Waals surface area (Å²) in [5, 5.41) is 0. The van der Waals surface area contributed by atoms with E-state index in [0.717, 1.165) is 11.4 Å². The molecule has 0 saturated carbocycles. The van der Waals surface area contributed by atoms with Crippen LogP contribution in [0.3, 0.4) is 0 Å². The normalized spacial score (nSPS) is 19.2. The molecule has 1 aromatic rings. The van der Waals surface area contributed by atoms with Crippen molar-refractivity contribution in [1.82, 2.24) is 9.97 Å². The summed E-state index contributed by atoms with van der Waals surface area (Å²) in [4.78, 5) is 22.8. The Morgan fingerprint density at radius 1 is 1.50 bits per heavy atom. The van der Waals surface area contributed by atoms with E-state index in [1.807, 2.05) is 17.9 Å². The van der Waals surface area contributed by atoms with Gasteiger partial charge in [-0.2, -0.15) is 0 Å². The van der Waals surface area contributed by atoms with E-state index < -0.39 is 6.04 Å². The number of methoxy groups -OCH3 is 1. The third kappa shape index (κ3) is 3.07. The molecule has 110 valence electrons. The van der Waals surface area contributed by atoms with E-state index in [1.54, 1.807) is 0 Å². The molecule has 1 unspecified atom stereocenters. The first-order chi connectivity index (χ1) is 9.52. The fourth-order valence-electron chi connectivity index (χ4n) is 2.18. The predicted molar refractivity (Wildman–Crippen MR) is 74.8 cm³/mol. The second-order valence-electron chi connectivity index (χ2n) is 5.20. The molecule has 1 aromatic heterocycles. The minimum absolute atomic E-state index is 0.307. The molecule has 0 aromatic carbocycles. The van der Waals surface area contributed by atoms with Crippen LogP contribution in [0.4, 0.5) is 5.95 Å². The molecule has 0 bridgehead atoms. The highest BCUT2D eigenvalue weighted by atomic mass is 16.5. The number of aromatic nitrogens is 2. The number of aryl methyl sites for hydroxylation is 1. The highest BCUT2D eigenvalue weighted by Gasteiger charge is 2.32. The van der Waals surface area contributed by atoms with Gasteiger partial charge in [-0.15, -0.1) is 0 Å². The number of morpholine rings is 1. The molecule has 0 spiro atoms. The molecule has 0 N–H and O–H groups in total. The van der Waals surface area contributed by atoms with Crippen LogP contribution in [0.15, 0.2) is 6.07 Å². The second-order valence-corrected chi connectivity index (χ2v) is 5.20. The van der Waals surface area contributed by atoms with E-state index in [1.165, 1.54) is 7.11 Å². The quantitative estimate of drug-likeness (QED) is 0.777. The van der Waals surface area contributed by atoms with Gasteiger partial charge in [0.05, 0.1) is 20.3 Å². The minimum atomic E-state index is -0.476. The van der Waals surface area contributed by atoms with Gasteiger partial charge in [-0.3, -0.25) is 0 Å². The largest absolute Gasteiger partial charge is 0.467 e. The second kappa shape index (κ2) is 6.17. The van der Waals surface area contributed by atoms with Crippen LogP contribution >= 0.6 is 0 Å². The summed E-state index contributed by atoms with van der Waals surface area (Å²) >= 11 is 0. The number of nitrogens with zero attached hydrogens (tertiary/aromatic N) is 3. The Morgan fingerprint density at radius 3 is 2.90 bits per heavy atom. The van der Waals surface area contributed by atoms with Gasteiger partial charge in [0.1, 0.15) is 0 Å². The van der Waals surface area contributed by atoms with Gasteiger partial charge in [0.2, 0.25) is 5.95 Å². The van der Waals surface area contributed by atoms with Gasteiger partial charge in [-0.05, 0) is 18.9 Å².